The quantitative estimate of drug-likeness (QED) is 0.566. The molecule has 8 heteroatoms. The number of nitrogens with one attached hydrogen (secondary N) is 2. The zero-order valence-electron chi connectivity index (χ0n) is 17.1. The Balaban J connectivity index is 2.07. The van der Waals surface area contributed by atoms with Crippen LogP contribution in [0.1, 0.15) is 25.8 Å². The van der Waals surface area contributed by atoms with Gasteiger partial charge in [0.05, 0.1) is 26.7 Å². The van der Waals surface area contributed by atoms with Crippen LogP contribution < -0.4 is 20.1 Å². The fourth-order valence-corrected chi connectivity index (χ4v) is 3.01. The summed E-state index contributed by atoms with van der Waals surface area (Å²) in [5.74, 6) is 0.988. The Morgan fingerprint density at radius 1 is 1.29 bits per heavy atom. The number of carbonyl (C=O) groups excluding carboxylic acids is 2. The van der Waals surface area contributed by atoms with Crippen LogP contribution in [-0.2, 0) is 16.1 Å². The molecule has 0 aromatic heterocycles. The van der Waals surface area contributed by atoms with E-state index in [0.717, 1.165) is 5.56 Å². The van der Waals surface area contributed by atoms with Crippen molar-refractivity contribution in [2.24, 2.45) is 5.41 Å². The van der Waals surface area contributed by atoms with Crippen LogP contribution in [0.15, 0.2) is 18.2 Å². The highest BCUT2D eigenvalue weighted by Crippen LogP contribution is 2.24. The molecule has 156 valence electrons. The van der Waals surface area contributed by atoms with Gasteiger partial charge in [0.15, 0.2) is 0 Å². The smallest absolute Gasteiger partial charge is 0.237 e. The lowest BCUT2D eigenvalue weighted by Gasteiger charge is -2.35. The third-order valence-corrected chi connectivity index (χ3v) is 4.81. The maximum absolute atomic E-state index is 12.4. The highest BCUT2D eigenvalue weighted by molar-refractivity contribution is 5.88. The molecule has 2 rings (SSSR count). The van der Waals surface area contributed by atoms with Gasteiger partial charge in [-0.2, -0.15) is 0 Å². The monoisotopic (exact) mass is 393 g/mol. The third-order valence-electron chi connectivity index (χ3n) is 4.81. The van der Waals surface area contributed by atoms with Gasteiger partial charge in [0.2, 0.25) is 11.8 Å². The highest BCUT2D eigenvalue weighted by atomic mass is 16.5. The van der Waals surface area contributed by atoms with E-state index in [4.69, 9.17) is 9.47 Å². The number of methoxy groups -OCH3 is 2. The van der Waals surface area contributed by atoms with E-state index in [9.17, 15) is 14.7 Å². The van der Waals surface area contributed by atoms with Gasteiger partial charge in [0, 0.05) is 44.3 Å². The molecule has 0 unspecified atom stereocenters. The number of carbonyl (C=O) groups is 2. The van der Waals surface area contributed by atoms with E-state index >= 15 is 0 Å². The van der Waals surface area contributed by atoms with Crippen molar-refractivity contribution in [3.05, 3.63) is 23.8 Å². The van der Waals surface area contributed by atoms with Crippen molar-refractivity contribution in [1.82, 2.24) is 15.5 Å². The van der Waals surface area contributed by atoms with E-state index in [1.807, 2.05) is 30.9 Å². The fourth-order valence-electron chi connectivity index (χ4n) is 3.01. The van der Waals surface area contributed by atoms with Crippen molar-refractivity contribution < 1.29 is 24.2 Å². The molecule has 2 amide bonds. The van der Waals surface area contributed by atoms with Gasteiger partial charge in [-0.1, -0.05) is 13.8 Å². The van der Waals surface area contributed by atoms with E-state index in [0.29, 0.717) is 37.7 Å². The van der Waals surface area contributed by atoms with Crippen molar-refractivity contribution in [3.63, 3.8) is 0 Å². The number of aliphatic hydroxyl groups is 1. The summed E-state index contributed by atoms with van der Waals surface area (Å²) in [6.07, 6.45) is 0.0639. The number of hydrogen-bond donors (Lipinski definition) is 3. The molecule has 0 spiro atoms. The van der Waals surface area contributed by atoms with Gasteiger partial charge in [-0.05, 0) is 17.7 Å². The minimum absolute atomic E-state index is 0.0268. The number of amides is 2. The number of hydrogen-bond acceptors (Lipinski definition) is 6. The van der Waals surface area contributed by atoms with E-state index in [-0.39, 0.29) is 24.8 Å². The van der Waals surface area contributed by atoms with E-state index in [1.54, 1.807) is 20.3 Å². The van der Waals surface area contributed by atoms with Crippen LogP contribution in [-0.4, -0.2) is 68.3 Å². The van der Waals surface area contributed by atoms with Crippen LogP contribution in [0.5, 0.6) is 11.5 Å². The molecule has 8 nitrogen and oxygen atoms in total. The van der Waals surface area contributed by atoms with Crippen molar-refractivity contribution in [3.8, 4) is 11.5 Å². The van der Waals surface area contributed by atoms with Crippen LogP contribution in [0.4, 0.5) is 0 Å². The van der Waals surface area contributed by atoms with Crippen molar-refractivity contribution in [2.45, 2.75) is 32.9 Å². The van der Waals surface area contributed by atoms with Crippen molar-refractivity contribution in [2.75, 3.05) is 40.5 Å². The van der Waals surface area contributed by atoms with Gasteiger partial charge in [-0.3, -0.25) is 14.5 Å². The number of rotatable bonds is 9. The molecule has 1 aliphatic heterocycles. The Morgan fingerprint density at radius 3 is 2.50 bits per heavy atom. The van der Waals surface area contributed by atoms with Crippen LogP contribution in [0.25, 0.3) is 0 Å². The normalized spacial score (nSPS) is 17.8. The average Bonchev–Trinajstić information content (AvgIpc) is 2.68. The first kappa shape index (κ1) is 22.0. The lowest BCUT2D eigenvalue weighted by atomic mass is 9.95. The Morgan fingerprint density at radius 2 is 1.93 bits per heavy atom. The molecule has 0 saturated carbocycles. The molecule has 1 heterocycles. The molecule has 0 aliphatic carbocycles. The van der Waals surface area contributed by atoms with E-state index < -0.39 is 11.5 Å². The molecular formula is C20H31N3O5. The predicted octanol–water partition coefficient (Wildman–Crippen LogP) is 0.529. The lowest BCUT2D eigenvalue weighted by molar-refractivity contribution is -0.134. The zero-order chi connectivity index (χ0) is 20.7. The minimum atomic E-state index is -0.553. The summed E-state index contributed by atoms with van der Waals surface area (Å²) in [7, 11) is 3.18. The molecular weight excluding hydrogens is 362 g/mol. The van der Waals surface area contributed by atoms with Crippen molar-refractivity contribution in [1.29, 1.82) is 0 Å². The Kier molecular flexibility index (Phi) is 7.65. The highest BCUT2D eigenvalue weighted by Gasteiger charge is 2.32. The zero-order valence-corrected chi connectivity index (χ0v) is 17.1. The predicted molar refractivity (Wildman–Crippen MR) is 105 cm³/mol. The molecule has 0 radical (unpaired) electrons. The maximum Gasteiger partial charge on any atom is 0.237 e. The summed E-state index contributed by atoms with van der Waals surface area (Å²) >= 11 is 0. The SMILES string of the molecule is COc1cc(CN2CCNC(=O)[C@H]2CC(=O)NCC(C)(C)CO)cc(OC)c1. The second kappa shape index (κ2) is 9.75. The van der Waals surface area contributed by atoms with Gasteiger partial charge in [0.1, 0.15) is 11.5 Å². The van der Waals surface area contributed by atoms with Gasteiger partial charge in [-0.15, -0.1) is 0 Å². The molecule has 1 aromatic rings. The number of benzene rings is 1. The molecule has 0 bridgehead atoms. The second-order valence-corrected chi connectivity index (χ2v) is 7.80. The molecule has 1 saturated heterocycles. The Labute approximate surface area is 166 Å². The lowest BCUT2D eigenvalue weighted by Crippen LogP contribution is -2.56. The number of ether oxygens (including phenoxy) is 2. The Bertz CT molecular complexity index is 670. The molecule has 1 atom stereocenters. The first-order valence-electron chi connectivity index (χ1n) is 9.39. The molecule has 1 aliphatic rings. The van der Waals surface area contributed by atoms with Crippen LogP contribution in [0.3, 0.4) is 0 Å². The Hall–Kier alpha value is -2.32. The summed E-state index contributed by atoms with van der Waals surface area (Å²) in [6.45, 7) is 5.74. The summed E-state index contributed by atoms with van der Waals surface area (Å²) in [6, 6.07) is 5.04. The van der Waals surface area contributed by atoms with Gasteiger partial charge in [0.25, 0.3) is 0 Å². The second-order valence-electron chi connectivity index (χ2n) is 7.80. The average molecular weight is 393 g/mol. The molecule has 3 N–H and O–H groups in total. The van der Waals surface area contributed by atoms with Gasteiger partial charge >= 0.3 is 0 Å². The maximum atomic E-state index is 12.4. The third kappa shape index (κ3) is 6.10. The van der Waals surface area contributed by atoms with E-state index in [1.165, 1.54) is 0 Å². The summed E-state index contributed by atoms with van der Waals surface area (Å²) in [5, 5.41) is 15.0. The topological polar surface area (TPSA) is 100 Å². The number of aliphatic hydroxyl groups excluding tert-OH is 1. The summed E-state index contributed by atoms with van der Waals surface area (Å²) in [5.41, 5.74) is 0.541. The molecule has 28 heavy (non-hydrogen) atoms. The fraction of sp³-hybridized carbons (Fsp3) is 0.600. The first-order valence-corrected chi connectivity index (χ1v) is 9.39. The number of nitrogens with zero attached hydrogens (tertiary/aromatic N) is 1. The standard InChI is InChI=1S/C20H31N3O5/c1-20(2,13-24)12-22-18(25)10-17-19(26)21-5-6-23(17)11-14-7-15(27-3)9-16(8-14)28-4/h7-9,17,24H,5-6,10-13H2,1-4H3,(H,21,26)(H,22,25)/t17-/m1/s1. The van der Waals surface area contributed by atoms with Crippen LogP contribution in [0, 0.1) is 5.41 Å². The molecule has 1 aromatic carbocycles. The van der Waals surface area contributed by atoms with Gasteiger partial charge in [-0.25, -0.2) is 0 Å². The van der Waals surface area contributed by atoms with E-state index in [2.05, 4.69) is 10.6 Å². The summed E-state index contributed by atoms with van der Waals surface area (Å²) in [4.78, 5) is 26.8. The molecule has 1 fully saturated rings. The van der Waals surface area contributed by atoms with Crippen molar-refractivity contribution >= 4 is 11.8 Å². The van der Waals surface area contributed by atoms with Crippen LogP contribution >= 0.6 is 0 Å². The first-order chi connectivity index (χ1) is 13.3. The van der Waals surface area contributed by atoms with Crippen LogP contribution in [0.2, 0.25) is 0 Å². The number of piperazine rings is 1. The van der Waals surface area contributed by atoms with Gasteiger partial charge < -0.3 is 25.2 Å². The summed E-state index contributed by atoms with van der Waals surface area (Å²) < 4.78 is 10.6. The minimum Gasteiger partial charge on any atom is -0.497 e. The largest absolute Gasteiger partial charge is 0.497 e.